The molecule has 0 saturated heterocycles. The van der Waals surface area contributed by atoms with Crippen molar-refractivity contribution in [1.82, 2.24) is 4.90 Å². The molecule has 1 aromatic carbocycles. The molecule has 0 atom stereocenters. The summed E-state index contributed by atoms with van der Waals surface area (Å²) in [5.41, 5.74) is 7.38. The molecule has 2 amide bonds. The van der Waals surface area contributed by atoms with Gasteiger partial charge in [0.25, 0.3) is 0 Å². The molecule has 7 nitrogen and oxygen atoms in total. The smallest absolute Gasteiger partial charge is 0.235 e. The van der Waals surface area contributed by atoms with E-state index >= 15 is 0 Å². The zero-order valence-electron chi connectivity index (χ0n) is 26.1. The summed E-state index contributed by atoms with van der Waals surface area (Å²) in [4.78, 5) is 41.4. The Labute approximate surface area is 247 Å². The molecule has 2 aliphatic carbocycles. The highest BCUT2D eigenvalue weighted by atomic mass is 16.2. The van der Waals surface area contributed by atoms with E-state index in [1.807, 2.05) is 24.3 Å². The fourth-order valence-corrected chi connectivity index (χ4v) is 6.82. The predicted molar refractivity (Wildman–Crippen MR) is 167 cm³/mol. The van der Waals surface area contributed by atoms with Crippen LogP contribution >= 0.6 is 0 Å². The van der Waals surface area contributed by atoms with E-state index in [9.17, 15) is 14.4 Å². The maximum atomic E-state index is 14.3. The molecular formula is C34H52N4O3. The summed E-state index contributed by atoms with van der Waals surface area (Å²) < 4.78 is 0. The summed E-state index contributed by atoms with van der Waals surface area (Å²) in [5.74, 6) is 0.959. The van der Waals surface area contributed by atoms with Crippen molar-refractivity contribution in [2.45, 2.75) is 131 Å². The summed E-state index contributed by atoms with van der Waals surface area (Å²) in [6.45, 7) is 10.2. The molecule has 0 unspecified atom stereocenters. The molecule has 2 fully saturated rings. The van der Waals surface area contributed by atoms with Crippen LogP contribution in [0.3, 0.4) is 0 Å². The number of nitrogens with two attached hydrogens (primary N) is 1. The van der Waals surface area contributed by atoms with E-state index in [-0.39, 0.29) is 29.1 Å². The van der Waals surface area contributed by atoms with Crippen molar-refractivity contribution in [3.05, 3.63) is 35.4 Å². The first kappa shape index (κ1) is 32.7. The number of hydrogen-bond donors (Lipinski definition) is 1. The molecule has 0 spiro atoms. The molecular weight excluding hydrogens is 512 g/mol. The molecule has 0 bridgehead atoms. The second-order valence-electron chi connectivity index (χ2n) is 13.3. The lowest BCUT2D eigenvalue weighted by atomic mass is 9.62. The zero-order chi connectivity index (χ0) is 30.0. The summed E-state index contributed by atoms with van der Waals surface area (Å²) in [7, 11) is 0. The number of ketones is 1. The third-order valence-electron chi connectivity index (χ3n) is 9.43. The molecule has 41 heavy (non-hydrogen) atoms. The average Bonchev–Trinajstić information content (AvgIpc) is 2.95. The van der Waals surface area contributed by atoms with E-state index < -0.39 is 5.41 Å². The molecule has 2 saturated carbocycles. The van der Waals surface area contributed by atoms with Crippen molar-refractivity contribution in [2.24, 2.45) is 32.7 Å². The number of aryl methyl sites for hydroxylation is 1. The Morgan fingerprint density at radius 2 is 1.63 bits per heavy atom. The summed E-state index contributed by atoms with van der Waals surface area (Å²) >= 11 is 0. The Kier molecular flexibility index (Phi) is 11.9. The van der Waals surface area contributed by atoms with Gasteiger partial charge in [0.2, 0.25) is 11.8 Å². The van der Waals surface area contributed by atoms with Crippen molar-refractivity contribution in [3.63, 3.8) is 0 Å². The van der Waals surface area contributed by atoms with Crippen LogP contribution in [-0.4, -0.2) is 40.6 Å². The lowest BCUT2D eigenvalue weighted by molar-refractivity contribution is -0.157. The summed E-state index contributed by atoms with van der Waals surface area (Å²) in [5, 5.41) is 7.60. The van der Waals surface area contributed by atoms with Gasteiger partial charge in [0, 0.05) is 43.0 Å². The average molecular weight is 565 g/mol. The fraction of sp³-hybridized carbons (Fsp3) is 0.676. The minimum atomic E-state index is -0.468. The van der Waals surface area contributed by atoms with Crippen molar-refractivity contribution < 1.29 is 14.4 Å². The second kappa shape index (κ2) is 14.9. The summed E-state index contributed by atoms with van der Waals surface area (Å²) in [6.07, 6.45) is 13.7. The highest BCUT2D eigenvalue weighted by Gasteiger charge is 2.47. The molecule has 0 heterocycles. The van der Waals surface area contributed by atoms with Gasteiger partial charge in [0.1, 0.15) is 5.84 Å². The number of carbonyl (C=O) groups excluding carboxylic acids is 3. The number of rotatable bonds is 11. The van der Waals surface area contributed by atoms with Crippen LogP contribution < -0.4 is 5.73 Å². The standard InChI is InChI=1S/C34H52N4O3/c1-6-36-37-31(35)19-18-30(40)27-16-14-26(15-17-27)11-10-22-34(23-20-28(21-24-34)33(3,4)5)32(41)38(25(2)39)29-12-8-7-9-13-29/h6,14-17,28-29H,7-13,18-24H2,1-5H3,(H2,35,37)/b36-6+. The molecule has 3 rings (SSSR count). The SMILES string of the molecule is C/C=N/N=C(N)CCC(=O)c1ccc(CCCC2(C(=O)N(C(C)=O)C3CCCCC3)CCC(C(C)(C)C)CC2)cc1. The highest BCUT2D eigenvalue weighted by molar-refractivity contribution is 5.98. The van der Waals surface area contributed by atoms with Crippen LogP contribution in [0.15, 0.2) is 34.5 Å². The third kappa shape index (κ3) is 9.08. The number of Topliss-reactive ketones (excluding diaryl/α,β-unsaturated/α-hetero) is 1. The Morgan fingerprint density at radius 3 is 2.20 bits per heavy atom. The quantitative estimate of drug-likeness (QED) is 0.132. The van der Waals surface area contributed by atoms with Crippen molar-refractivity contribution >= 4 is 29.6 Å². The van der Waals surface area contributed by atoms with Gasteiger partial charge < -0.3 is 5.73 Å². The van der Waals surface area contributed by atoms with Crippen LogP contribution in [0.4, 0.5) is 0 Å². The molecule has 0 aliphatic heterocycles. The lowest BCUT2D eigenvalue weighted by Crippen LogP contribution is -2.53. The number of carbonyl (C=O) groups is 3. The van der Waals surface area contributed by atoms with Crippen LogP contribution in [0.1, 0.15) is 134 Å². The molecule has 0 radical (unpaired) electrons. The van der Waals surface area contributed by atoms with Gasteiger partial charge >= 0.3 is 0 Å². The zero-order valence-corrected chi connectivity index (χ0v) is 26.1. The lowest BCUT2D eigenvalue weighted by Gasteiger charge is -2.46. The third-order valence-corrected chi connectivity index (χ3v) is 9.43. The Morgan fingerprint density at radius 1 is 1.00 bits per heavy atom. The van der Waals surface area contributed by atoms with Gasteiger partial charge in [-0.2, -0.15) is 5.10 Å². The van der Waals surface area contributed by atoms with Crippen LogP contribution in [-0.2, 0) is 16.0 Å². The number of amidine groups is 1. The van der Waals surface area contributed by atoms with Crippen LogP contribution in [0.2, 0.25) is 0 Å². The maximum absolute atomic E-state index is 14.3. The number of nitrogens with zero attached hydrogens (tertiary/aromatic N) is 3. The molecule has 2 N–H and O–H groups in total. The van der Waals surface area contributed by atoms with Gasteiger partial charge in [-0.15, -0.1) is 5.10 Å². The number of hydrogen-bond acceptors (Lipinski definition) is 5. The first-order chi connectivity index (χ1) is 19.5. The van der Waals surface area contributed by atoms with E-state index in [0.717, 1.165) is 76.2 Å². The second-order valence-corrected chi connectivity index (χ2v) is 13.3. The van der Waals surface area contributed by atoms with Gasteiger partial charge in [0.05, 0.1) is 0 Å². The monoisotopic (exact) mass is 564 g/mol. The number of imide groups is 1. The molecule has 2 aliphatic rings. The Balaban J connectivity index is 1.67. The van der Waals surface area contributed by atoms with Crippen molar-refractivity contribution in [1.29, 1.82) is 0 Å². The number of benzene rings is 1. The minimum absolute atomic E-state index is 0.0300. The highest BCUT2D eigenvalue weighted by Crippen LogP contribution is 2.49. The largest absolute Gasteiger partial charge is 0.386 e. The molecule has 0 aromatic heterocycles. The fourth-order valence-electron chi connectivity index (χ4n) is 6.82. The van der Waals surface area contributed by atoms with E-state index in [0.29, 0.717) is 30.2 Å². The van der Waals surface area contributed by atoms with Crippen LogP contribution in [0.25, 0.3) is 0 Å². The molecule has 1 aromatic rings. The normalized spacial score (nSPS) is 22.6. The van der Waals surface area contributed by atoms with Gasteiger partial charge in [-0.25, -0.2) is 0 Å². The maximum Gasteiger partial charge on any atom is 0.235 e. The van der Waals surface area contributed by atoms with Crippen LogP contribution in [0.5, 0.6) is 0 Å². The van der Waals surface area contributed by atoms with Crippen molar-refractivity contribution in [3.8, 4) is 0 Å². The molecule has 7 heteroatoms. The van der Waals surface area contributed by atoms with Crippen molar-refractivity contribution in [2.75, 3.05) is 0 Å². The van der Waals surface area contributed by atoms with E-state index in [2.05, 4.69) is 31.0 Å². The van der Waals surface area contributed by atoms with E-state index in [4.69, 9.17) is 5.73 Å². The first-order valence-corrected chi connectivity index (χ1v) is 15.7. The molecule has 226 valence electrons. The Bertz CT molecular complexity index is 1090. The van der Waals surface area contributed by atoms with E-state index in [1.165, 1.54) is 6.42 Å². The summed E-state index contributed by atoms with van der Waals surface area (Å²) in [6, 6.07) is 7.84. The van der Waals surface area contributed by atoms with Gasteiger partial charge in [-0.05, 0) is 81.6 Å². The van der Waals surface area contributed by atoms with Gasteiger partial charge in [-0.3, -0.25) is 19.3 Å². The number of amides is 2. The first-order valence-electron chi connectivity index (χ1n) is 15.7. The van der Waals surface area contributed by atoms with E-state index in [1.54, 1.807) is 25.0 Å². The van der Waals surface area contributed by atoms with Crippen LogP contribution in [0, 0.1) is 16.7 Å². The van der Waals surface area contributed by atoms with Gasteiger partial charge in [0.15, 0.2) is 5.78 Å². The van der Waals surface area contributed by atoms with Gasteiger partial charge in [-0.1, -0.05) is 64.3 Å². The Hall–Kier alpha value is -2.83. The predicted octanol–water partition coefficient (Wildman–Crippen LogP) is 7.27. The topological polar surface area (TPSA) is 105 Å². The minimum Gasteiger partial charge on any atom is -0.386 e.